The minimum absolute atomic E-state index is 0.00151. The van der Waals surface area contributed by atoms with E-state index in [0.717, 1.165) is 0 Å². The zero-order valence-corrected chi connectivity index (χ0v) is 7.92. The smallest absolute Gasteiger partial charge is 0.304 e. The summed E-state index contributed by atoms with van der Waals surface area (Å²) in [4.78, 5) is 20.5. The summed E-state index contributed by atoms with van der Waals surface area (Å²) in [6, 6.07) is 0. The van der Waals surface area contributed by atoms with E-state index in [1.54, 1.807) is 0 Å². The summed E-state index contributed by atoms with van der Waals surface area (Å²) in [7, 11) is 0. The first-order valence-electron chi connectivity index (χ1n) is 2.96. The fraction of sp³-hybridized carbons (Fsp3) is 0.600. The maximum Gasteiger partial charge on any atom is 0.304 e. The summed E-state index contributed by atoms with van der Waals surface area (Å²) in [5, 5.41) is 8.18. The van der Waals surface area contributed by atoms with Crippen molar-refractivity contribution in [2.45, 2.75) is 6.42 Å². The van der Waals surface area contributed by atoms with E-state index in [1.165, 1.54) is 0 Å². The molecule has 0 fully saturated rings. The van der Waals surface area contributed by atoms with Gasteiger partial charge in [-0.25, -0.2) is 5.43 Å². The van der Waals surface area contributed by atoms with Crippen molar-refractivity contribution < 1.29 is 14.7 Å². The number of hydrogen-bond donors (Lipinski definition) is 3. The number of carboxylic acids is 1. The monoisotopic (exact) mass is 272 g/mol. The van der Waals surface area contributed by atoms with Gasteiger partial charge in [0.2, 0.25) is 5.91 Å². The first kappa shape index (κ1) is 10.6. The molecule has 0 aromatic heterocycles. The molecule has 6 heteroatoms. The van der Waals surface area contributed by atoms with Gasteiger partial charge in [-0.05, 0) is 0 Å². The number of alkyl halides is 1. The van der Waals surface area contributed by atoms with E-state index >= 15 is 0 Å². The van der Waals surface area contributed by atoms with Crippen LogP contribution in [0.25, 0.3) is 0 Å². The molecule has 11 heavy (non-hydrogen) atoms. The Balaban J connectivity index is 3.14. The van der Waals surface area contributed by atoms with Gasteiger partial charge in [0.15, 0.2) is 0 Å². The number of hydrazine groups is 1. The van der Waals surface area contributed by atoms with E-state index in [4.69, 9.17) is 5.11 Å². The molecule has 1 amide bonds. The van der Waals surface area contributed by atoms with Crippen LogP contribution >= 0.6 is 22.6 Å². The number of amides is 1. The minimum atomic E-state index is -0.888. The molecule has 0 aliphatic rings. The lowest BCUT2D eigenvalue weighted by Crippen LogP contribution is -2.39. The third-order valence-corrected chi connectivity index (χ3v) is 1.51. The van der Waals surface area contributed by atoms with Crippen molar-refractivity contribution in [2.24, 2.45) is 0 Å². The van der Waals surface area contributed by atoms with Gasteiger partial charge in [-0.2, -0.15) is 0 Å². The van der Waals surface area contributed by atoms with Gasteiger partial charge in [0.25, 0.3) is 0 Å². The molecular weight excluding hydrogens is 263 g/mol. The molecule has 0 aromatic carbocycles. The standard InChI is InChI=1S/C5H9IN2O3/c6-3-4(9)8-7-2-1-5(10)11/h7H,1-3H2,(H,8,9)(H,10,11). The van der Waals surface area contributed by atoms with Gasteiger partial charge < -0.3 is 5.11 Å². The Morgan fingerprint density at radius 1 is 1.45 bits per heavy atom. The molecule has 0 rings (SSSR count). The number of hydrogen-bond acceptors (Lipinski definition) is 3. The number of carbonyl (C=O) groups is 2. The molecule has 0 spiro atoms. The Kier molecular flexibility index (Phi) is 6.13. The number of rotatable bonds is 5. The SMILES string of the molecule is O=C(O)CCNNC(=O)CI. The van der Waals surface area contributed by atoms with Gasteiger partial charge in [-0.15, -0.1) is 0 Å². The summed E-state index contributed by atoms with van der Waals surface area (Å²) in [5.74, 6) is -1.04. The molecular formula is C5H9IN2O3. The number of carbonyl (C=O) groups excluding carboxylic acids is 1. The molecule has 0 radical (unpaired) electrons. The Morgan fingerprint density at radius 3 is 2.55 bits per heavy atom. The van der Waals surface area contributed by atoms with Crippen molar-refractivity contribution in [1.82, 2.24) is 10.9 Å². The average Bonchev–Trinajstić information content (AvgIpc) is 1.97. The van der Waals surface area contributed by atoms with Crippen LogP contribution in [0, 0.1) is 0 Å². The summed E-state index contributed by atoms with van der Waals surface area (Å²) >= 11 is 1.91. The Hall–Kier alpha value is -0.370. The van der Waals surface area contributed by atoms with Crippen molar-refractivity contribution in [3.63, 3.8) is 0 Å². The highest BCUT2D eigenvalue weighted by molar-refractivity contribution is 14.1. The van der Waals surface area contributed by atoms with Crippen LogP contribution in [0.1, 0.15) is 6.42 Å². The number of halogens is 1. The summed E-state index contributed by atoms with van der Waals surface area (Å²) in [6.07, 6.45) is 0.00151. The predicted octanol–water partition coefficient (Wildman–Crippen LogP) is -0.483. The van der Waals surface area contributed by atoms with Crippen LogP contribution in [0.5, 0.6) is 0 Å². The molecule has 0 aliphatic heterocycles. The van der Waals surface area contributed by atoms with Gasteiger partial charge in [0, 0.05) is 6.54 Å². The Bertz CT molecular complexity index is 151. The average molecular weight is 272 g/mol. The molecule has 0 saturated heterocycles. The van der Waals surface area contributed by atoms with E-state index in [2.05, 4.69) is 10.9 Å². The normalized spacial score (nSPS) is 9.18. The topological polar surface area (TPSA) is 78.4 Å². The van der Waals surface area contributed by atoms with Crippen molar-refractivity contribution in [2.75, 3.05) is 11.0 Å². The first-order chi connectivity index (χ1) is 5.16. The zero-order valence-electron chi connectivity index (χ0n) is 5.76. The first-order valence-corrected chi connectivity index (χ1v) is 4.49. The van der Waals surface area contributed by atoms with E-state index < -0.39 is 5.97 Å². The second kappa shape index (κ2) is 6.35. The second-order valence-electron chi connectivity index (χ2n) is 1.75. The highest BCUT2D eigenvalue weighted by Gasteiger charge is 1.97. The van der Waals surface area contributed by atoms with Gasteiger partial charge >= 0.3 is 5.97 Å². The van der Waals surface area contributed by atoms with Crippen LogP contribution in [0.2, 0.25) is 0 Å². The molecule has 0 saturated carbocycles. The van der Waals surface area contributed by atoms with Crippen LogP contribution < -0.4 is 10.9 Å². The predicted molar refractivity (Wildman–Crippen MR) is 47.3 cm³/mol. The van der Waals surface area contributed by atoms with Crippen LogP contribution in [-0.2, 0) is 9.59 Å². The molecule has 0 atom stereocenters. The highest BCUT2D eigenvalue weighted by Crippen LogP contribution is 1.78. The minimum Gasteiger partial charge on any atom is -0.481 e. The molecule has 3 N–H and O–H groups in total. The molecule has 0 aromatic rings. The van der Waals surface area contributed by atoms with E-state index in [1.807, 2.05) is 22.6 Å². The van der Waals surface area contributed by atoms with Gasteiger partial charge in [0.05, 0.1) is 10.8 Å². The summed E-state index contributed by atoms with van der Waals surface area (Å²) in [6.45, 7) is 0.248. The van der Waals surface area contributed by atoms with Crippen molar-refractivity contribution in [1.29, 1.82) is 0 Å². The third kappa shape index (κ3) is 7.53. The van der Waals surface area contributed by atoms with Crippen LogP contribution in [0.3, 0.4) is 0 Å². The lowest BCUT2D eigenvalue weighted by atomic mass is 10.4. The van der Waals surface area contributed by atoms with Crippen LogP contribution in [0.15, 0.2) is 0 Å². The number of nitrogens with one attached hydrogen (secondary N) is 2. The highest BCUT2D eigenvalue weighted by atomic mass is 127. The zero-order chi connectivity index (χ0) is 8.69. The maximum atomic E-state index is 10.5. The van der Waals surface area contributed by atoms with Gasteiger partial charge in [0.1, 0.15) is 0 Å². The second-order valence-corrected chi connectivity index (χ2v) is 2.52. The largest absolute Gasteiger partial charge is 0.481 e. The molecule has 5 nitrogen and oxygen atoms in total. The summed E-state index contributed by atoms with van der Waals surface area (Å²) in [5.41, 5.74) is 4.81. The molecule has 0 aliphatic carbocycles. The van der Waals surface area contributed by atoms with Gasteiger partial charge in [-0.3, -0.25) is 15.0 Å². The number of aliphatic carboxylic acids is 1. The molecule has 64 valence electrons. The van der Waals surface area contributed by atoms with Crippen LogP contribution in [0.4, 0.5) is 0 Å². The third-order valence-electron chi connectivity index (χ3n) is 0.813. The van der Waals surface area contributed by atoms with Gasteiger partial charge in [-0.1, -0.05) is 22.6 Å². The van der Waals surface area contributed by atoms with E-state index in [-0.39, 0.29) is 18.9 Å². The molecule has 0 unspecified atom stereocenters. The molecule has 0 bridgehead atoms. The Labute approximate surface area is 77.6 Å². The van der Waals surface area contributed by atoms with E-state index in [9.17, 15) is 9.59 Å². The fourth-order valence-electron chi connectivity index (χ4n) is 0.364. The van der Waals surface area contributed by atoms with Crippen LogP contribution in [-0.4, -0.2) is 28.0 Å². The quantitative estimate of drug-likeness (QED) is 0.273. The molecule has 0 heterocycles. The summed E-state index contributed by atoms with van der Waals surface area (Å²) < 4.78 is 0.359. The lowest BCUT2D eigenvalue weighted by Gasteiger charge is -2.02. The van der Waals surface area contributed by atoms with E-state index in [0.29, 0.717) is 4.43 Å². The van der Waals surface area contributed by atoms with Crippen molar-refractivity contribution in [3.05, 3.63) is 0 Å². The fourth-order valence-corrected chi connectivity index (χ4v) is 0.555. The maximum absolute atomic E-state index is 10.5. The number of carboxylic acid groups (broad SMARTS) is 1. The lowest BCUT2D eigenvalue weighted by molar-refractivity contribution is -0.137. The van der Waals surface area contributed by atoms with Crippen molar-refractivity contribution >= 4 is 34.5 Å². The van der Waals surface area contributed by atoms with Crippen molar-refractivity contribution in [3.8, 4) is 0 Å². The Morgan fingerprint density at radius 2 is 2.09 bits per heavy atom.